The van der Waals surface area contributed by atoms with E-state index in [2.05, 4.69) is 21.1 Å². The summed E-state index contributed by atoms with van der Waals surface area (Å²) in [6.45, 7) is 2.85. The molecule has 2 aliphatic rings. The normalized spacial score (nSPS) is 39.6. The van der Waals surface area contributed by atoms with E-state index in [0.717, 1.165) is 11.0 Å². The number of hydrogen-bond acceptors (Lipinski definition) is 13. The van der Waals surface area contributed by atoms with Crippen molar-refractivity contribution in [2.45, 2.75) is 81.4 Å². The van der Waals surface area contributed by atoms with Crippen LogP contribution in [0.25, 0.3) is 0 Å². The van der Waals surface area contributed by atoms with Gasteiger partial charge in [0, 0.05) is 6.92 Å². The van der Waals surface area contributed by atoms with E-state index in [4.69, 9.17) is 24.1 Å². The van der Waals surface area contributed by atoms with Gasteiger partial charge < -0.3 is 64.3 Å². The molecule has 2 rings (SSSR count). The molecule has 34 heavy (non-hydrogen) atoms. The second-order valence-corrected chi connectivity index (χ2v) is 9.42. The van der Waals surface area contributed by atoms with Gasteiger partial charge >= 0.3 is 5.97 Å². The standard InChI is InChI=1S/C12H22O11.C8H18NO2/c13-1-3-5(15)6(16)9(19)12(22-3)23-10-4(2-14)21-11(20)8(18)7(10)17;1-7(11-8(2)10)6-9(3,4)5/h3-20H,1-2H2;7H,6H2,1-5H3/q;+1/t3-,4-,5+,6+,7-,8-,9-,10-,11+,12+;/m1./s1. The molecule has 14 nitrogen and oxygen atoms in total. The van der Waals surface area contributed by atoms with Crippen LogP contribution in [0.2, 0.25) is 0 Å². The molecule has 0 aromatic carbocycles. The largest absolute Gasteiger partial charge is 0.457 e. The number of aliphatic hydroxyl groups excluding tert-OH is 8. The summed E-state index contributed by atoms with van der Waals surface area (Å²) in [6.07, 6.45) is -15.6. The van der Waals surface area contributed by atoms with Crippen LogP contribution in [0, 0.1) is 0 Å². The molecule has 2 aliphatic heterocycles. The third kappa shape index (κ3) is 8.89. The predicted octanol–water partition coefficient (Wildman–Crippen LogP) is -4.75. The van der Waals surface area contributed by atoms with Crippen LogP contribution in [0.4, 0.5) is 0 Å². The Hall–Kier alpha value is -1.01. The van der Waals surface area contributed by atoms with Gasteiger partial charge in [-0.3, -0.25) is 4.79 Å². The number of carbonyl (C=O) groups is 1. The van der Waals surface area contributed by atoms with E-state index in [1.165, 1.54) is 6.92 Å². The molecular weight excluding hydrogens is 462 g/mol. The van der Waals surface area contributed by atoms with E-state index in [9.17, 15) is 40.5 Å². The number of ether oxygens (including phenoxy) is 4. The molecule has 202 valence electrons. The molecule has 2 saturated heterocycles. The summed E-state index contributed by atoms with van der Waals surface area (Å²) >= 11 is 0. The number of likely N-dealkylation sites (N-methyl/N-ethyl adjacent to an activating group) is 1. The zero-order valence-corrected chi connectivity index (χ0v) is 20.0. The summed E-state index contributed by atoms with van der Waals surface area (Å²) in [5.74, 6) is -0.203. The van der Waals surface area contributed by atoms with E-state index in [1.807, 2.05) is 6.92 Å². The van der Waals surface area contributed by atoms with E-state index in [1.54, 1.807) is 0 Å². The summed E-state index contributed by atoms with van der Waals surface area (Å²) in [5, 5.41) is 76.5. The third-order valence-corrected chi connectivity index (χ3v) is 5.15. The molecule has 14 heteroatoms. The van der Waals surface area contributed by atoms with E-state index >= 15 is 0 Å². The van der Waals surface area contributed by atoms with Crippen molar-refractivity contribution in [2.75, 3.05) is 40.9 Å². The summed E-state index contributed by atoms with van der Waals surface area (Å²) in [7, 11) is 6.21. The Labute approximate surface area is 198 Å². The van der Waals surface area contributed by atoms with Crippen LogP contribution in [-0.2, 0) is 23.7 Å². The van der Waals surface area contributed by atoms with Crippen molar-refractivity contribution in [3.8, 4) is 0 Å². The minimum atomic E-state index is -1.74. The Morgan fingerprint density at radius 1 is 0.853 bits per heavy atom. The molecule has 0 radical (unpaired) electrons. The number of aliphatic hydroxyl groups is 8. The van der Waals surface area contributed by atoms with E-state index in [0.29, 0.717) is 0 Å². The zero-order chi connectivity index (χ0) is 26.4. The summed E-state index contributed by atoms with van der Waals surface area (Å²) in [5.41, 5.74) is 0. The van der Waals surface area contributed by atoms with Gasteiger partial charge in [0.05, 0.1) is 34.4 Å². The average Bonchev–Trinajstić information content (AvgIpc) is 2.72. The Balaban J connectivity index is 0.000000445. The van der Waals surface area contributed by atoms with Gasteiger partial charge in [0.2, 0.25) is 0 Å². The SMILES string of the molecule is CC(=O)OC(C)C[N+](C)(C)C.OC[C@H]1O[C@@H](O[C@H]2[C@H](O)[C@@H](O)[C@@H](O)O[C@@H]2CO)[C@H](O)[C@@H](O)[C@H]1O. The lowest BCUT2D eigenvalue weighted by atomic mass is 9.97. The van der Waals surface area contributed by atoms with Crippen LogP contribution < -0.4 is 0 Å². The van der Waals surface area contributed by atoms with E-state index in [-0.39, 0.29) is 12.1 Å². The lowest BCUT2D eigenvalue weighted by Crippen LogP contribution is -2.64. The lowest BCUT2D eigenvalue weighted by Gasteiger charge is -2.45. The molecule has 0 amide bonds. The van der Waals surface area contributed by atoms with Crippen molar-refractivity contribution in [1.29, 1.82) is 0 Å². The van der Waals surface area contributed by atoms with Gasteiger partial charge in [0.15, 0.2) is 12.6 Å². The molecule has 0 saturated carbocycles. The molecule has 0 aromatic rings. The van der Waals surface area contributed by atoms with Crippen molar-refractivity contribution < 1.29 is 69.1 Å². The van der Waals surface area contributed by atoms with Crippen molar-refractivity contribution in [2.24, 2.45) is 0 Å². The van der Waals surface area contributed by atoms with Gasteiger partial charge in [-0.25, -0.2) is 0 Å². The number of quaternary nitrogens is 1. The maximum absolute atomic E-state index is 10.5. The van der Waals surface area contributed by atoms with Crippen LogP contribution in [0.15, 0.2) is 0 Å². The molecule has 11 atom stereocenters. The molecule has 0 aromatic heterocycles. The topological polar surface area (TPSA) is 216 Å². The first kappa shape index (κ1) is 31.0. The zero-order valence-electron chi connectivity index (χ0n) is 20.0. The third-order valence-electron chi connectivity index (χ3n) is 5.15. The molecule has 0 spiro atoms. The highest BCUT2D eigenvalue weighted by Crippen LogP contribution is 2.28. The van der Waals surface area contributed by atoms with E-state index < -0.39 is 74.6 Å². The Morgan fingerprint density at radius 2 is 1.41 bits per heavy atom. The highest BCUT2D eigenvalue weighted by Gasteiger charge is 2.50. The Morgan fingerprint density at radius 3 is 1.88 bits per heavy atom. The number of carbonyl (C=O) groups excluding carboxylic acids is 1. The quantitative estimate of drug-likeness (QED) is 0.121. The molecule has 1 unspecified atom stereocenters. The summed E-state index contributed by atoms with van der Waals surface area (Å²) in [4.78, 5) is 10.5. The monoisotopic (exact) mass is 502 g/mol. The first-order chi connectivity index (χ1) is 15.6. The van der Waals surface area contributed by atoms with Crippen LogP contribution >= 0.6 is 0 Å². The van der Waals surface area contributed by atoms with Crippen molar-refractivity contribution in [1.82, 2.24) is 0 Å². The van der Waals surface area contributed by atoms with Gasteiger partial charge in [-0.1, -0.05) is 0 Å². The van der Waals surface area contributed by atoms with Crippen LogP contribution in [0.3, 0.4) is 0 Å². The Kier molecular flexibility index (Phi) is 12.2. The van der Waals surface area contributed by atoms with Gasteiger partial charge in [-0.15, -0.1) is 0 Å². The highest BCUT2D eigenvalue weighted by atomic mass is 16.7. The van der Waals surface area contributed by atoms with Crippen LogP contribution in [0.5, 0.6) is 0 Å². The highest BCUT2D eigenvalue weighted by molar-refractivity contribution is 5.66. The van der Waals surface area contributed by atoms with Gasteiger partial charge in [0.1, 0.15) is 61.5 Å². The Bertz CT molecular complexity index is 614. The fraction of sp³-hybridized carbons (Fsp3) is 0.950. The van der Waals surface area contributed by atoms with Gasteiger partial charge in [-0.05, 0) is 6.92 Å². The maximum atomic E-state index is 10.5. The van der Waals surface area contributed by atoms with Crippen molar-refractivity contribution >= 4 is 5.97 Å². The molecule has 2 heterocycles. The molecular formula is C20H40NO13+. The van der Waals surface area contributed by atoms with Crippen molar-refractivity contribution in [3.05, 3.63) is 0 Å². The lowest BCUT2D eigenvalue weighted by molar-refractivity contribution is -0.873. The summed E-state index contributed by atoms with van der Waals surface area (Å²) < 4.78 is 21.0. The maximum Gasteiger partial charge on any atom is 0.303 e. The minimum Gasteiger partial charge on any atom is -0.457 e. The predicted molar refractivity (Wildman–Crippen MR) is 113 cm³/mol. The smallest absolute Gasteiger partial charge is 0.303 e. The second kappa shape index (κ2) is 13.3. The first-order valence-electron chi connectivity index (χ1n) is 10.9. The first-order valence-corrected chi connectivity index (χ1v) is 10.9. The number of rotatable bonds is 7. The molecule has 0 aliphatic carbocycles. The number of hydrogen-bond donors (Lipinski definition) is 8. The summed E-state index contributed by atoms with van der Waals surface area (Å²) in [6, 6.07) is 0. The average molecular weight is 503 g/mol. The molecule has 0 bridgehead atoms. The fourth-order valence-electron chi connectivity index (χ4n) is 3.66. The minimum absolute atomic E-state index is 0.00694. The number of esters is 1. The fourth-order valence-corrected chi connectivity index (χ4v) is 3.66. The number of nitrogens with zero attached hydrogens (tertiary/aromatic N) is 1. The van der Waals surface area contributed by atoms with Gasteiger partial charge in [0.25, 0.3) is 0 Å². The van der Waals surface area contributed by atoms with Crippen LogP contribution in [-0.4, -0.2) is 160 Å². The molecule has 8 N–H and O–H groups in total. The van der Waals surface area contributed by atoms with Crippen molar-refractivity contribution in [3.63, 3.8) is 0 Å². The second-order valence-electron chi connectivity index (χ2n) is 9.42. The van der Waals surface area contributed by atoms with Crippen LogP contribution in [0.1, 0.15) is 13.8 Å². The van der Waals surface area contributed by atoms with Gasteiger partial charge in [-0.2, -0.15) is 0 Å². The molecule has 2 fully saturated rings.